The summed E-state index contributed by atoms with van der Waals surface area (Å²) in [6.07, 6.45) is 7.50. The molecule has 0 heterocycles. The molecule has 3 N–H and O–H groups in total. The third-order valence-electron chi connectivity index (χ3n) is 3.67. The van der Waals surface area contributed by atoms with Gasteiger partial charge in [-0.15, -0.1) is 0 Å². The number of unbranched alkanes of at least 4 members (excludes halogenated alkanes) is 4. The fraction of sp³-hybridized carbons (Fsp3) is 0.647. The Bertz CT molecular complexity index is 329. The third kappa shape index (κ3) is 6.04. The lowest BCUT2D eigenvalue weighted by molar-refractivity contribution is 0.0301. The first-order valence-electron chi connectivity index (χ1n) is 7.96. The summed E-state index contributed by atoms with van der Waals surface area (Å²) in [5.74, 6) is 5.75. The van der Waals surface area contributed by atoms with Crippen LogP contribution >= 0.6 is 0 Å². The van der Waals surface area contributed by atoms with Crippen LogP contribution in [0.5, 0.6) is 0 Å². The summed E-state index contributed by atoms with van der Waals surface area (Å²) < 4.78 is 5.92. The lowest BCUT2D eigenvalue weighted by Gasteiger charge is -2.27. The molecule has 114 valence electrons. The van der Waals surface area contributed by atoms with Crippen molar-refractivity contribution in [3.05, 3.63) is 35.9 Å². The maximum absolute atomic E-state index is 5.92. The van der Waals surface area contributed by atoms with Gasteiger partial charge in [-0.05, 0) is 18.9 Å². The van der Waals surface area contributed by atoms with Gasteiger partial charge >= 0.3 is 0 Å². The Kier molecular flexibility index (Phi) is 9.29. The lowest BCUT2D eigenvalue weighted by atomic mass is 9.97. The van der Waals surface area contributed by atoms with Crippen molar-refractivity contribution in [1.29, 1.82) is 0 Å². The third-order valence-corrected chi connectivity index (χ3v) is 3.67. The molecule has 0 aliphatic carbocycles. The molecule has 2 atom stereocenters. The number of benzene rings is 1. The summed E-state index contributed by atoms with van der Waals surface area (Å²) in [5, 5.41) is 0. The molecular formula is C17H30N2O. The number of rotatable bonds is 11. The number of hydrazine groups is 1. The topological polar surface area (TPSA) is 47.3 Å². The minimum absolute atomic E-state index is 0.0392. The second-order valence-electron chi connectivity index (χ2n) is 5.26. The van der Waals surface area contributed by atoms with Crippen LogP contribution in [0.25, 0.3) is 0 Å². The van der Waals surface area contributed by atoms with Gasteiger partial charge in [0, 0.05) is 6.61 Å². The Labute approximate surface area is 123 Å². The fourth-order valence-corrected chi connectivity index (χ4v) is 2.56. The second kappa shape index (κ2) is 10.8. The minimum atomic E-state index is 0.0392. The maximum Gasteiger partial charge on any atom is 0.0991 e. The number of nitrogens with one attached hydrogen (secondary N) is 1. The smallest absolute Gasteiger partial charge is 0.0991 e. The fourth-order valence-electron chi connectivity index (χ4n) is 2.56. The molecule has 1 aromatic rings. The highest BCUT2D eigenvalue weighted by Crippen LogP contribution is 2.24. The molecule has 0 aliphatic rings. The van der Waals surface area contributed by atoms with Crippen molar-refractivity contribution in [3.8, 4) is 0 Å². The van der Waals surface area contributed by atoms with E-state index in [1.165, 1.54) is 37.7 Å². The highest BCUT2D eigenvalue weighted by Gasteiger charge is 2.22. The Balaban J connectivity index is 2.53. The van der Waals surface area contributed by atoms with Crippen LogP contribution in [0.15, 0.2) is 30.3 Å². The second-order valence-corrected chi connectivity index (χ2v) is 5.26. The molecule has 0 saturated heterocycles. The van der Waals surface area contributed by atoms with E-state index >= 15 is 0 Å². The first-order chi connectivity index (χ1) is 9.83. The summed E-state index contributed by atoms with van der Waals surface area (Å²) in [5.41, 5.74) is 4.15. The van der Waals surface area contributed by atoms with Crippen LogP contribution in [0, 0.1) is 0 Å². The Morgan fingerprint density at radius 1 is 1.05 bits per heavy atom. The average Bonchev–Trinajstić information content (AvgIpc) is 2.50. The van der Waals surface area contributed by atoms with E-state index in [9.17, 15) is 0 Å². The predicted molar refractivity (Wildman–Crippen MR) is 85.3 cm³/mol. The molecule has 3 nitrogen and oxygen atoms in total. The predicted octanol–water partition coefficient (Wildman–Crippen LogP) is 3.96. The Morgan fingerprint density at radius 3 is 2.35 bits per heavy atom. The molecule has 0 bridgehead atoms. The molecule has 20 heavy (non-hydrogen) atoms. The molecule has 0 aromatic heterocycles. The van der Waals surface area contributed by atoms with Crippen LogP contribution < -0.4 is 11.3 Å². The van der Waals surface area contributed by atoms with Crippen molar-refractivity contribution >= 4 is 0 Å². The van der Waals surface area contributed by atoms with E-state index in [0.717, 1.165) is 6.42 Å². The van der Waals surface area contributed by atoms with Crippen LogP contribution in [0.1, 0.15) is 64.0 Å². The summed E-state index contributed by atoms with van der Waals surface area (Å²) >= 11 is 0. The van der Waals surface area contributed by atoms with Crippen molar-refractivity contribution in [3.63, 3.8) is 0 Å². The van der Waals surface area contributed by atoms with Crippen molar-refractivity contribution in [2.75, 3.05) is 6.61 Å². The normalized spacial score (nSPS) is 14.2. The molecule has 0 amide bonds. The van der Waals surface area contributed by atoms with Crippen molar-refractivity contribution in [1.82, 2.24) is 5.43 Å². The molecular weight excluding hydrogens is 248 g/mol. The van der Waals surface area contributed by atoms with Crippen LogP contribution in [-0.2, 0) is 4.74 Å². The van der Waals surface area contributed by atoms with Crippen molar-refractivity contribution in [2.45, 2.75) is 64.5 Å². The molecule has 3 heteroatoms. The van der Waals surface area contributed by atoms with E-state index in [4.69, 9.17) is 10.6 Å². The zero-order valence-corrected chi connectivity index (χ0v) is 13.0. The number of nitrogens with two attached hydrogens (primary N) is 1. The zero-order chi connectivity index (χ0) is 14.6. The Morgan fingerprint density at radius 2 is 1.75 bits per heavy atom. The SMILES string of the molecule is CCCCCCCC(NN)C(OCC)c1ccccc1. The highest BCUT2D eigenvalue weighted by molar-refractivity contribution is 5.19. The number of ether oxygens (including phenoxy) is 1. The summed E-state index contributed by atoms with van der Waals surface area (Å²) in [6.45, 7) is 4.98. The summed E-state index contributed by atoms with van der Waals surface area (Å²) in [7, 11) is 0. The standard InChI is InChI=1S/C17H30N2O/c1-3-5-6-7-11-14-16(19-18)17(20-4-2)15-12-9-8-10-13-15/h8-10,12-13,16-17,19H,3-7,11,14,18H2,1-2H3. The van der Waals surface area contributed by atoms with Gasteiger partial charge in [0.1, 0.15) is 0 Å². The maximum atomic E-state index is 5.92. The Hall–Kier alpha value is -0.900. The van der Waals surface area contributed by atoms with E-state index in [0.29, 0.717) is 6.61 Å². The van der Waals surface area contributed by atoms with E-state index < -0.39 is 0 Å². The van der Waals surface area contributed by atoms with E-state index in [1.54, 1.807) is 0 Å². The molecule has 0 spiro atoms. The summed E-state index contributed by atoms with van der Waals surface area (Å²) in [6, 6.07) is 10.5. The van der Waals surface area contributed by atoms with E-state index in [2.05, 4.69) is 36.6 Å². The van der Waals surface area contributed by atoms with Crippen LogP contribution in [0.4, 0.5) is 0 Å². The lowest BCUT2D eigenvalue weighted by Crippen LogP contribution is -2.40. The van der Waals surface area contributed by atoms with Gasteiger partial charge in [0.25, 0.3) is 0 Å². The van der Waals surface area contributed by atoms with Crippen molar-refractivity contribution in [2.24, 2.45) is 5.84 Å². The highest BCUT2D eigenvalue weighted by atomic mass is 16.5. The number of hydrogen-bond acceptors (Lipinski definition) is 3. The zero-order valence-electron chi connectivity index (χ0n) is 13.0. The van der Waals surface area contributed by atoms with Gasteiger partial charge in [0.2, 0.25) is 0 Å². The summed E-state index contributed by atoms with van der Waals surface area (Å²) in [4.78, 5) is 0. The van der Waals surface area contributed by atoms with Crippen LogP contribution in [0.3, 0.4) is 0 Å². The van der Waals surface area contributed by atoms with Gasteiger partial charge in [-0.2, -0.15) is 0 Å². The van der Waals surface area contributed by atoms with Gasteiger partial charge in [-0.1, -0.05) is 69.4 Å². The van der Waals surface area contributed by atoms with Gasteiger partial charge in [0.05, 0.1) is 12.1 Å². The van der Waals surface area contributed by atoms with E-state index in [-0.39, 0.29) is 12.1 Å². The van der Waals surface area contributed by atoms with Crippen molar-refractivity contribution < 1.29 is 4.74 Å². The molecule has 0 aliphatic heterocycles. The van der Waals surface area contributed by atoms with E-state index in [1.807, 2.05) is 13.0 Å². The quantitative estimate of drug-likeness (QED) is 0.366. The van der Waals surface area contributed by atoms with Gasteiger partial charge in [-0.3, -0.25) is 11.3 Å². The first-order valence-corrected chi connectivity index (χ1v) is 7.96. The number of hydrogen-bond donors (Lipinski definition) is 2. The van der Waals surface area contributed by atoms with Crippen LogP contribution in [0.2, 0.25) is 0 Å². The van der Waals surface area contributed by atoms with Gasteiger partial charge in [0.15, 0.2) is 0 Å². The van der Waals surface area contributed by atoms with Gasteiger partial charge < -0.3 is 4.74 Å². The molecule has 0 saturated carbocycles. The monoisotopic (exact) mass is 278 g/mol. The van der Waals surface area contributed by atoms with Gasteiger partial charge in [-0.25, -0.2) is 0 Å². The molecule has 1 rings (SSSR count). The molecule has 2 unspecified atom stereocenters. The average molecular weight is 278 g/mol. The molecule has 1 aromatic carbocycles. The largest absolute Gasteiger partial charge is 0.372 e. The first kappa shape index (κ1) is 17.2. The van der Waals surface area contributed by atoms with Crippen LogP contribution in [-0.4, -0.2) is 12.6 Å². The minimum Gasteiger partial charge on any atom is -0.372 e. The molecule has 0 fully saturated rings. The molecule has 0 radical (unpaired) electrons.